The molecule has 0 aliphatic rings. The van der Waals surface area contributed by atoms with E-state index in [1.807, 2.05) is 6.92 Å². The Balaban J connectivity index is 2.44. The second-order valence-electron chi connectivity index (χ2n) is 3.53. The Labute approximate surface area is 92.8 Å². The van der Waals surface area contributed by atoms with Crippen molar-refractivity contribution in [3.05, 3.63) is 65.2 Å². The second-order valence-corrected chi connectivity index (χ2v) is 3.53. The van der Waals surface area contributed by atoms with Crippen LogP contribution in [0.4, 0.5) is 4.39 Å². The molecule has 0 atom stereocenters. The lowest BCUT2D eigenvalue weighted by Gasteiger charge is -2.03. The summed E-state index contributed by atoms with van der Waals surface area (Å²) in [6.07, 6.45) is 3.13. The molecule has 2 aromatic rings. The maximum atomic E-state index is 13.0. The topological polar surface area (TPSA) is 30.0 Å². The van der Waals surface area contributed by atoms with Gasteiger partial charge in [0.25, 0.3) is 0 Å². The Morgan fingerprint density at radius 1 is 1.31 bits per heavy atom. The molecule has 1 heterocycles. The summed E-state index contributed by atoms with van der Waals surface area (Å²) in [7, 11) is 0. The van der Waals surface area contributed by atoms with E-state index in [1.165, 1.54) is 24.4 Å². The predicted molar refractivity (Wildman–Crippen MR) is 58.8 cm³/mol. The van der Waals surface area contributed by atoms with Gasteiger partial charge in [-0.1, -0.05) is 12.1 Å². The Morgan fingerprint density at radius 3 is 2.81 bits per heavy atom. The molecular formula is C13H10FNO. The normalized spacial score (nSPS) is 10.1. The smallest absolute Gasteiger partial charge is 0.194 e. The average Bonchev–Trinajstić information content (AvgIpc) is 2.29. The number of ketones is 1. The summed E-state index contributed by atoms with van der Waals surface area (Å²) in [4.78, 5) is 15.9. The van der Waals surface area contributed by atoms with E-state index in [0.717, 1.165) is 5.56 Å². The summed E-state index contributed by atoms with van der Waals surface area (Å²) in [5, 5.41) is 0. The number of benzene rings is 1. The van der Waals surface area contributed by atoms with E-state index in [0.29, 0.717) is 11.1 Å². The first kappa shape index (κ1) is 10.5. The van der Waals surface area contributed by atoms with E-state index >= 15 is 0 Å². The molecule has 0 aliphatic carbocycles. The SMILES string of the molecule is Cc1ccncc1C(=O)c1cccc(F)c1. The maximum Gasteiger partial charge on any atom is 0.194 e. The third kappa shape index (κ3) is 1.98. The van der Waals surface area contributed by atoms with Crippen LogP contribution in [-0.2, 0) is 0 Å². The lowest BCUT2D eigenvalue weighted by molar-refractivity contribution is 0.103. The van der Waals surface area contributed by atoms with Gasteiger partial charge in [0.2, 0.25) is 0 Å². The number of pyridine rings is 1. The molecule has 1 aromatic carbocycles. The van der Waals surface area contributed by atoms with Crippen LogP contribution in [0.5, 0.6) is 0 Å². The van der Waals surface area contributed by atoms with E-state index in [9.17, 15) is 9.18 Å². The second kappa shape index (κ2) is 4.23. The van der Waals surface area contributed by atoms with Crippen molar-refractivity contribution in [1.82, 2.24) is 4.98 Å². The molecular weight excluding hydrogens is 205 g/mol. The zero-order chi connectivity index (χ0) is 11.5. The minimum Gasteiger partial charge on any atom is -0.289 e. The van der Waals surface area contributed by atoms with Crippen LogP contribution in [0.3, 0.4) is 0 Å². The minimum absolute atomic E-state index is 0.204. The number of hydrogen-bond donors (Lipinski definition) is 0. The molecule has 1 aromatic heterocycles. The van der Waals surface area contributed by atoms with Crippen LogP contribution in [0.1, 0.15) is 21.5 Å². The minimum atomic E-state index is -0.410. The molecule has 0 bridgehead atoms. The van der Waals surface area contributed by atoms with Crippen molar-refractivity contribution < 1.29 is 9.18 Å². The molecule has 0 aliphatic heterocycles. The van der Waals surface area contributed by atoms with E-state index in [-0.39, 0.29) is 5.78 Å². The van der Waals surface area contributed by atoms with Crippen LogP contribution >= 0.6 is 0 Å². The number of aromatic nitrogens is 1. The zero-order valence-electron chi connectivity index (χ0n) is 8.77. The number of carbonyl (C=O) groups is 1. The molecule has 0 spiro atoms. The van der Waals surface area contributed by atoms with Gasteiger partial charge >= 0.3 is 0 Å². The maximum absolute atomic E-state index is 13.0. The van der Waals surface area contributed by atoms with Gasteiger partial charge in [-0.05, 0) is 30.7 Å². The van der Waals surface area contributed by atoms with Gasteiger partial charge in [-0.2, -0.15) is 0 Å². The Hall–Kier alpha value is -2.03. The average molecular weight is 215 g/mol. The van der Waals surface area contributed by atoms with Crippen molar-refractivity contribution in [2.24, 2.45) is 0 Å². The number of nitrogens with zero attached hydrogens (tertiary/aromatic N) is 1. The lowest BCUT2D eigenvalue weighted by atomic mass is 10.0. The molecule has 0 saturated heterocycles. The van der Waals surface area contributed by atoms with Crippen molar-refractivity contribution in [3.63, 3.8) is 0 Å². The van der Waals surface area contributed by atoms with E-state index in [4.69, 9.17) is 0 Å². The summed E-state index contributed by atoms with van der Waals surface area (Å²) >= 11 is 0. The molecule has 0 radical (unpaired) electrons. The number of carbonyl (C=O) groups excluding carboxylic acids is 1. The predicted octanol–water partition coefficient (Wildman–Crippen LogP) is 2.76. The fraction of sp³-hybridized carbons (Fsp3) is 0.0769. The highest BCUT2D eigenvalue weighted by Gasteiger charge is 2.11. The van der Waals surface area contributed by atoms with E-state index in [1.54, 1.807) is 18.3 Å². The molecule has 0 fully saturated rings. The van der Waals surface area contributed by atoms with Gasteiger partial charge < -0.3 is 0 Å². The van der Waals surface area contributed by atoms with E-state index in [2.05, 4.69) is 4.98 Å². The van der Waals surface area contributed by atoms with Crippen LogP contribution in [0.15, 0.2) is 42.7 Å². The van der Waals surface area contributed by atoms with Crippen LogP contribution in [-0.4, -0.2) is 10.8 Å². The Kier molecular flexibility index (Phi) is 2.77. The van der Waals surface area contributed by atoms with Gasteiger partial charge in [0.15, 0.2) is 5.78 Å². The van der Waals surface area contributed by atoms with Crippen LogP contribution in [0.2, 0.25) is 0 Å². The monoisotopic (exact) mass is 215 g/mol. The van der Waals surface area contributed by atoms with Crippen molar-refractivity contribution >= 4 is 5.78 Å². The summed E-state index contributed by atoms with van der Waals surface area (Å²) in [5.74, 6) is -0.613. The molecule has 0 unspecified atom stereocenters. The van der Waals surface area contributed by atoms with Crippen molar-refractivity contribution in [1.29, 1.82) is 0 Å². The summed E-state index contributed by atoms with van der Waals surface area (Å²) in [6.45, 7) is 1.83. The third-order valence-electron chi connectivity index (χ3n) is 2.37. The third-order valence-corrected chi connectivity index (χ3v) is 2.37. The Morgan fingerprint density at radius 2 is 2.12 bits per heavy atom. The first-order chi connectivity index (χ1) is 7.68. The lowest BCUT2D eigenvalue weighted by Crippen LogP contribution is -2.04. The van der Waals surface area contributed by atoms with Gasteiger partial charge in [0.1, 0.15) is 5.82 Å². The van der Waals surface area contributed by atoms with Crippen molar-refractivity contribution in [2.75, 3.05) is 0 Å². The highest BCUT2D eigenvalue weighted by molar-refractivity contribution is 6.09. The number of rotatable bonds is 2. The molecule has 0 N–H and O–H groups in total. The van der Waals surface area contributed by atoms with Gasteiger partial charge in [0, 0.05) is 23.5 Å². The Bertz CT molecular complexity index is 537. The van der Waals surface area contributed by atoms with Crippen molar-refractivity contribution in [3.8, 4) is 0 Å². The fourth-order valence-corrected chi connectivity index (χ4v) is 1.49. The molecule has 16 heavy (non-hydrogen) atoms. The molecule has 2 rings (SSSR count). The number of halogens is 1. The molecule has 0 saturated carbocycles. The number of aryl methyl sites for hydroxylation is 1. The van der Waals surface area contributed by atoms with Crippen molar-refractivity contribution in [2.45, 2.75) is 6.92 Å². The molecule has 2 nitrogen and oxygen atoms in total. The summed E-state index contributed by atoms with van der Waals surface area (Å²) in [5.41, 5.74) is 1.69. The van der Waals surface area contributed by atoms with E-state index < -0.39 is 5.82 Å². The van der Waals surface area contributed by atoms with Crippen LogP contribution < -0.4 is 0 Å². The quantitative estimate of drug-likeness (QED) is 0.721. The fourth-order valence-electron chi connectivity index (χ4n) is 1.49. The van der Waals surface area contributed by atoms with Gasteiger partial charge in [-0.3, -0.25) is 9.78 Å². The van der Waals surface area contributed by atoms with Gasteiger partial charge in [-0.25, -0.2) is 4.39 Å². The first-order valence-corrected chi connectivity index (χ1v) is 4.89. The highest BCUT2D eigenvalue weighted by atomic mass is 19.1. The number of hydrogen-bond acceptors (Lipinski definition) is 2. The molecule has 80 valence electrons. The van der Waals surface area contributed by atoms with Crippen LogP contribution in [0.25, 0.3) is 0 Å². The molecule has 0 amide bonds. The molecule has 3 heteroatoms. The summed E-state index contributed by atoms with van der Waals surface area (Å²) < 4.78 is 13.0. The van der Waals surface area contributed by atoms with Gasteiger partial charge in [0.05, 0.1) is 0 Å². The van der Waals surface area contributed by atoms with Crippen LogP contribution in [0, 0.1) is 12.7 Å². The highest BCUT2D eigenvalue weighted by Crippen LogP contribution is 2.13. The summed E-state index contributed by atoms with van der Waals surface area (Å²) in [6, 6.07) is 7.42. The van der Waals surface area contributed by atoms with Gasteiger partial charge in [-0.15, -0.1) is 0 Å². The largest absolute Gasteiger partial charge is 0.289 e. The first-order valence-electron chi connectivity index (χ1n) is 4.89. The standard InChI is InChI=1S/C13H10FNO/c1-9-5-6-15-8-12(9)13(16)10-3-2-4-11(14)7-10/h2-8H,1H3. The zero-order valence-corrected chi connectivity index (χ0v) is 8.77.